The average molecular weight is 358 g/mol. The second-order valence-corrected chi connectivity index (χ2v) is 6.91. The molecule has 7 heteroatoms. The fourth-order valence-corrected chi connectivity index (χ4v) is 3.25. The Morgan fingerprint density at radius 2 is 1.96 bits per heavy atom. The second kappa shape index (κ2) is 6.22. The highest BCUT2D eigenvalue weighted by molar-refractivity contribution is 7.98. The van der Waals surface area contributed by atoms with Gasteiger partial charge in [0.25, 0.3) is 0 Å². The summed E-state index contributed by atoms with van der Waals surface area (Å²) in [5.74, 6) is 0.936. The van der Waals surface area contributed by atoms with E-state index in [9.17, 15) is 8.78 Å². The van der Waals surface area contributed by atoms with Gasteiger partial charge in [-0.05, 0) is 31.2 Å². The standard InChI is InChI=1S/C18H16F2N4S/c1-24-9-15(22-17(24)10-3-4-10)12-6-5-11(7-13(12)19)16-21-8-14(20)18(23-16)25-2/h5-10H,3-4H2,1-2H3. The van der Waals surface area contributed by atoms with Gasteiger partial charge >= 0.3 is 0 Å². The van der Waals surface area contributed by atoms with E-state index in [4.69, 9.17) is 0 Å². The number of nitrogens with zero attached hydrogens (tertiary/aromatic N) is 4. The van der Waals surface area contributed by atoms with Gasteiger partial charge in [-0.3, -0.25) is 0 Å². The molecule has 0 unspecified atom stereocenters. The van der Waals surface area contributed by atoms with Crippen LogP contribution in [0.25, 0.3) is 22.6 Å². The van der Waals surface area contributed by atoms with Crippen molar-refractivity contribution < 1.29 is 8.78 Å². The Bertz CT molecular complexity index is 950. The summed E-state index contributed by atoms with van der Waals surface area (Å²) >= 11 is 1.19. The molecule has 0 radical (unpaired) electrons. The van der Waals surface area contributed by atoms with Crippen molar-refractivity contribution in [3.63, 3.8) is 0 Å². The number of hydrogen-bond donors (Lipinski definition) is 0. The van der Waals surface area contributed by atoms with Gasteiger partial charge in [0.15, 0.2) is 11.6 Å². The minimum absolute atomic E-state index is 0.244. The first kappa shape index (κ1) is 16.2. The van der Waals surface area contributed by atoms with E-state index in [-0.39, 0.29) is 5.03 Å². The molecule has 1 fully saturated rings. The molecule has 0 bridgehead atoms. The lowest BCUT2D eigenvalue weighted by molar-refractivity contribution is 0.580. The highest BCUT2D eigenvalue weighted by Crippen LogP contribution is 2.40. The summed E-state index contributed by atoms with van der Waals surface area (Å²) < 4.78 is 30.2. The van der Waals surface area contributed by atoms with Gasteiger partial charge in [-0.1, -0.05) is 6.07 Å². The fourth-order valence-electron chi connectivity index (χ4n) is 2.83. The summed E-state index contributed by atoms with van der Waals surface area (Å²) in [5.41, 5.74) is 1.58. The molecule has 3 aromatic rings. The number of hydrogen-bond acceptors (Lipinski definition) is 4. The largest absolute Gasteiger partial charge is 0.337 e. The van der Waals surface area contributed by atoms with Crippen LogP contribution in [0.15, 0.2) is 35.6 Å². The van der Waals surface area contributed by atoms with Gasteiger partial charge in [-0.25, -0.2) is 23.7 Å². The van der Waals surface area contributed by atoms with E-state index in [2.05, 4.69) is 15.0 Å². The van der Waals surface area contributed by atoms with Crippen molar-refractivity contribution in [3.8, 4) is 22.6 Å². The zero-order valence-corrected chi connectivity index (χ0v) is 14.6. The van der Waals surface area contributed by atoms with Crippen LogP contribution < -0.4 is 0 Å². The SMILES string of the molecule is CSc1nc(-c2ccc(-c3cn(C)c(C4CC4)n3)c(F)c2)ncc1F. The van der Waals surface area contributed by atoms with E-state index >= 15 is 0 Å². The predicted molar refractivity (Wildman–Crippen MR) is 93.3 cm³/mol. The topological polar surface area (TPSA) is 43.6 Å². The summed E-state index contributed by atoms with van der Waals surface area (Å²) in [4.78, 5) is 12.7. The molecule has 4 rings (SSSR count). The first-order valence-electron chi connectivity index (χ1n) is 7.97. The molecule has 1 aliphatic carbocycles. The molecule has 0 amide bonds. The Balaban J connectivity index is 1.70. The molecule has 0 aliphatic heterocycles. The normalized spacial score (nSPS) is 14.1. The zero-order valence-electron chi connectivity index (χ0n) is 13.8. The van der Waals surface area contributed by atoms with Crippen molar-refractivity contribution >= 4 is 11.8 Å². The molecule has 4 nitrogen and oxygen atoms in total. The highest BCUT2D eigenvalue weighted by Gasteiger charge is 2.28. The van der Waals surface area contributed by atoms with Crippen molar-refractivity contribution in [2.75, 3.05) is 6.26 Å². The van der Waals surface area contributed by atoms with E-state index < -0.39 is 11.6 Å². The van der Waals surface area contributed by atoms with E-state index in [1.54, 1.807) is 18.4 Å². The molecule has 0 N–H and O–H groups in total. The molecule has 0 atom stereocenters. The van der Waals surface area contributed by atoms with Crippen LogP contribution in [0.5, 0.6) is 0 Å². The Labute approximate surface area is 148 Å². The first-order chi connectivity index (χ1) is 12.1. The van der Waals surface area contributed by atoms with Crippen molar-refractivity contribution in [1.29, 1.82) is 0 Å². The maximum absolute atomic E-state index is 14.7. The van der Waals surface area contributed by atoms with Gasteiger partial charge in [0.05, 0.1) is 11.9 Å². The molecule has 128 valence electrons. The molecule has 2 heterocycles. The van der Waals surface area contributed by atoms with E-state index in [1.807, 2.05) is 17.8 Å². The number of rotatable bonds is 4. The van der Waals surface area contributed by atoms with Crippen molar-refractivity contribution in [3.05, 3.63) is 48.1 Å². The fraction of sp³-hybridized carbons (Fsp3) is 0.278. The zero-order chi connectivity index (χ0) is 17.6. The predicted octanol–water partition coefficient (Wildman–Crippen LogP) is 4.42. The van der Waals surface area contributed by atoms with Gasteiger partial charge in [-0.15, -0.1) is 11.8 Å². The van der Waals surface area contributed by atoms with Crippen molar-refractivity contribution in [2.24, 2.45) is 7.05 Å². The quantitative estimate of drug-likeness (QED) is 0.511. The highest BCUT2D eigenvalue weighted by atomic mass is 32.2. The van der Waals surface area contributed by atoms with Crippen LogP contribution in [-0.4, -0.2) is 25.8 Å². The van der Waals surface area contributed by atoms with E-state index in [0.29, 0.717) is 28.6 Å². The molecule has 1 aliphatic rings. The van der Waals surface area contributed by atoms with Crippen LogP contribution in [-0.2, 0) is 7.05 Å². The summed E-state index contributed by atoms with van der Waals surface area (Å²) in [5, 5.41) is 0.244. The smallest absolute Gasteiger partial charge is 0.173 e. The maximum atomic E-state index is 14.7. The molecule has 0 spiro atoms. The van der Waals surface area contributed by atoms with Crippen molar-refractivity contribution in [1.82, 2.24) is 19.5 Å². The number of thioether (sulfide) groups is 1. The second-order valence-electron chi connectivity index (χ2n) is 6.11. The number of halogens is 2. The lowest BCUT2D eigenvalue weighted by Crippen LogP contribution is -1.95. The monoisotopic (exact) mass is 358 g/mol. The first-order valence-corrected chi connectivity index (χ1v) is 9.19. The minimum atomic E-state index is -0.477. The lowest BCUT2D eigenvalue weighted by atomic mass is 10.1. The molecule has 1 saturated carbocycles. The van der Waals surface area contributed by atoms with Crippen molar-refractivity contribution in [2.45, 2.75) is 23.8 Å². The molecule has 2 aromatic heterocycles. The van der Waals surface area contributed by atoms with Gasteiger partial charge in [0, 0.05) is 30.3 Å². The van der Waals surface area contributed by atoms with Gasteiger partial charge < -0.3 is 4.57 Å². The van der Waals surface area contributed by atoms with Crippen LogP contribution in [0.1, 0.15) is 24.6 Å². The van der Waals surface area contributed by atoms with E-state index in [0.717, 1.165) is 24.9 Å². The molecule has 25 heavy (non-hydrogen) atoms. The van der Waals surface area contributed by atoms with Gasteiger partial charge in [-0.2, -0.15) is 0 Å². The third-order valence-corrected chi connectivity index (χ3v) is 4.94. The molecule has 0 saturated heterocycles. The van der Waals surface area contributed by atoms with Gasteiger partial charge in [0.2, 0.25) is 0 Å². The third kappa shape index (κ3) is 3.04. The summed E-state index contributed by atoms with van der Waals surface area (Å²) in [7, 11) is 1.94. The summed E-state index contributed by atoms with van der Waals surface area (Å²) in [6, 6.07) is 4.79. The molecule has 1 aromatic carbocycles. The third-order valence-electron chi connectivity index (χ3n) is 4.26. The van der Waals surface area contributed by atoms with Crippen LogP contribution >= 0.6 is 11.8 Å². The average Bonchev–Trinajstić information content (AvgIpc) is 3.37. The van der Waals surface area contributed by atoms with E-state index in [1.165, 1.54) is 17.8 Å². The van der Waals surface area contributed by atoms with Crippen LogP contribution in [0, 0.1) is 11.6 Å². The number of aromatic nitrogens is 4. The Kier molecular flexibility index (Phi) is 4.03. The lowest BCUT2D eigenvalue weighted by Gasteiger charge is -2.05. The Hall–Kier alpha value is -2.28. The number of aryl methyl sites for hydroxylation is 1. The minimum Gasteiger partial charge on any atom is -0.337 e. The van der Waals surface area contributed by atoms with Crippen LogP contribution in [0.3, 0.4) is 0 Å². The summed E-state index contributed by atoms with van der Waals surface area (Å²) in [6.07, 6.45) is 6.99. The maximum Gasteiger partial charge on any atom is 0.173 e. The number of imidazole rings is 1. The summed E-state index contributed by atoms with van der Waals surface area (Å²) in [6.45, 7) is 0. The Morgan fingerprint density at radius 3 is 2.64 bits per heavy atom. The van der Waals surface area contributed by atoms with Crippen LogP contribution in [0.2, 0.25) is 0 Å². The van der Waals surface area contributed by atoms with Gasteiger partial charge in [0.1, 0.15) is 16.7 Å². The van der Waals surface area contributed by atoms with Crippen LogP contribution in [0.4, 0.5) is 8.78 Å². The molecular weight excluding hydrogens is 342 g/mol. The number of benzene rings is 1. The Morgan fingerprint density at radius 1 is 1.16 bits per heavy atom. The molecular formula is C18H16F2N4S.